The zero-order valence-electron chi connectivity index (χ0n) is 10.8. The van der Waals surface area contributed by atoms with Gasteiger partial charge in [-0.2, -0.15) is 0 Å². The Balaban J connectivity index is 2.32. The molecular formula is C14H20N2O. The maximum absolute atomic E-state index is 11.8. The highest BCUT2D eigenvalue weighted by Gasteiger charge is 2.31. The van der Waals surface area contributed by atoms with Gasteiger partial charge in [-0.25, -0.2) is 0 Å². The van der Waals surface area contributed by atoms with Crippen molar-refractivity contribution in [2.24, 2.45) is 0 Å². The summed E-state index contributed by atoms with van der Waals surface area (Å²) in [7, 11) is 0. The van der Waals surface area contributed by atoms with Crippen LogP contribution in [-0.2, 0) is 4.79 Å². The average Bonchev–Trinajstić information content (AvgIpc) is 2.65. The molecule has 1 N–H and O–H groups in total. The number of rotatable bonds is 3. The molecule has 0 radical (unpaired) electrons. The lowest BCUT2D eigenvalue weighted by Crippen LogP contribution is -2.31. The summed E-state index contributed by atoms with van der Waals surface area (Å²) in [6, 6.07) is 6.41. The Hall–Kier alpha value is -1.35. The first-order valence-electron chi connectivity index (χ1n) is 6.23. The summed E-state index contributed by atoms with van der Waals surface area (Å²) in [5.41, 5.74) is 3.71. The van der Waals surface area contributed by atoms with Crippen LogP contribution < -0.4 is 5.32 Å². The van der Waals surface area contributed by atoms with Crippen LogP contribution in [0.4, 0.5) is 0 Å². The van der Waals surface area contributed by atoms with Gasteiger partial charge in [0.25, 0.3) is 0 Å². The van der Waals surface area contributed by atoms with Crippen molar-refractivity contribution in [1.29, 1.82) is 0 Å². The molecule has 1 unspecified atom stereocenters. The molecule has 1 amide bonds. The zero-order chi connectivity index (χ0) is 12.4. The van der Waals surface area contributed by atoms with Crippen LogP contribution in [0.25, 0.3) is 0 Å². The second kappa shape index (κ2) is 4.88. The number of nitrogens with one attached hydrogen (secondary N) is 1. The minimum atomic E-state index is 0.0577. The largest absolute Gasteiger partial charge is 0.322 e. The van der Waals surface area contributed by atoms with Gasteiger partial charge in [0.05, 0.1) is 6.54 Å². The first-order valence-corrected chi connectivity index (χ1v) is 6.23. The molecule has 3 nitrogen and oxygen atoms in total. The lowest BCUT2D eigenvalue weighted by atomic mass is 10.0. The van der Waals surface area contributed by atoms with Gasteiger partial charge >= 0.3 is 0 Å². The van der Waals surface area contributed by atoms with Crippen molar-refractivity contribution < 1.29 is 4.79 Å². The number of nitrogens with zero attached hydrogens (tertiary/aromatic N) is 1. The van der Waals surface area contributed by atoms with Crippen molar-refractivity contribution in [3.63, 3.8) is 0 Å². The van der Waals surface area contributed by atoms with Gasteiger partial charge in [0.2, 0.25) is 5.91 Å². The molecule has 1 atom stereocenters. The van der Waals surface area contributed by atoms with Crippen LogP contribution in [0.15, 0.2) is 18.2 Å². The van der Waals surface area contributed by atoms with Gasteiger partial charge < -0.3 is 4.90 Å². The fourth-order valence-electron chi connectivity index (χ4n) is 2.37. The van der Waals surface area contributed by atoms with E-state index in [1.54, 1.807) is 0 Å². The second-order valence-electron chi connectivity index (χ2n) is 4.73. The first kappa shape index (κ1) is 12.1. The number of amides is 1. The van der Waals surface area contributed by atoms with Gasteiger partial charge in [-0.3, -0.25) is 10.1 Å². The van der Waals surface area contributed by atoms with Gasteiger partial charge in [-0.15, -0.1) is 0 Å². The second-order valence-corrected chi connectivity index (χ2v) is 4.73. The molecule has 0 spiro atoms. The van der Waals surface area contributed by atoms with Gasteiger partial charge in [-0.05, 0) is 31.4 Å². The van der Waals surface area contributed by atoms with E-state index in [1.807, 2.05) is 4.90 Å². The van der Waals surface area contributed by atoms with Gasteiger partial charge in [0.15, 0.2) is 0 Å². The van der Waals surface area contributed by atoms with Gasteiger partial charge in [-0.1, -0.05) is 30.7 Å². The molecule has 1 aromatic rings. The number of carbonyl (C=O) groups excluding carboxylic acids is 1. The molecule has 0 aliphatic carbocycles. The molecule has 0 bridgehead atoms. The molecule has 2 rings (SSSR count). The normalized spacial score (nSPS) is 20.1. The van der Waals surface area contributed by atoms with Crippen LogP contribution in [0.1, 0.15) is 36.2 Å². The predicted molar refractivity (Wildman–Crippen MR) is 68.7 cm³/mol. The van der Waals surface area contributed by atoms with Crippen LogP contribution in [0.3, 0.4) is 0 Å². The highest BCUT2D eigenvalue weighted by atomic mass is 16.2. The van der Waals surface area contributed by atoms with Crippen molar-refractivity contribution in [3.05, 3.63) is 34.9 Å². The Labute approximate surface area is 103 Å². The SMILES string of the molecule is CCCN1C(=O)CNC1c1cc(C)ccc1C. The average molecular weight is 232 g/mol. The van der Waals surface area contributed by atoms with Crippen molar-refractivity contribution in [2.45, 2.75) is 33.4 Å². The maximum Gasteiger partial charge on any atom is 0.238 e. The number of carbonyl (C=O) groups is 1. The maximum atomic E-state index is 11.8. The van der Waals surface area contributed by atoms with E-state index in [4.69, 9.17) is 0 Å². The van der Waals surface area contributed by atoms with Gasteiger partial charge in [0, 0.05) is 6.54 Å². The highest BCUT2D eigenvalue weighted by Crippen LogP contribution is 2.26. The lowest BCUT2D eigenvalue weighted by molar-refractivity contribution is -0.128. The summed E-state index contributed by atoms with van der Waals surface area (Å²) in [6.07, 6.45) is 1.05. The Morgan fingerprint density at radius 3 is 2.88 bits per heavy atom. The lowest BCUT2D eigenvalue weighted by Gasteiger charge is -2.25. The quantitative estimate of drug-likeness (QED) is 0.866. The fourth-order valence-corrected chi connectivity index (χ4v) is 2.37. The van der Waals surface area contributed by atoms with E-state index in [2.05, 4.69) is 44.3 Å². The van der Waals surface area contributed by atoms with E-state index in [9.17, 15) is 4.79 Å². The molecule has 3 heteroatoms. The number of benzene rings is 1. The summed E-state index contributed by atoms with van der Waals surface area (Å²) in [6.45, 7) is 7.57. The van der Waals surface area contributed by atoms with Crippen LogP contribution in [0.5, 0.6) is 0 Å². The minimum Gasteiger partial charge on any atom is -0.322 e. The van der Waals surface area contributed by atoms with E-state index in [0.717, 1.165) is 13.0 Å². The Morgan fingerprint density at radius 2 is 2.18 bits per heavy atom. The van der Waals surface area contributed by atoms with Crippen LogP contribution in [0.2, 0.25) is 0 Å². The molecule has 1 heterocycles. The summed E-state index contributed by atoms with van der Waals surface area (Å²) in [5, 5.41) is 3.30. The van der Waals surface area contributed by atoms with E-state index < -0.39 is 0 Å². The molecule has 1 saturated heterocycles. The minimum absolute atomic E-state index is 0.0577. The smallest absolute Gasteiger partial charge is 0.238 e. The molecule has 0 aromatic heterocycles. The van der Waals surface area contributed by atoms with Crippen LogP contribution in [-0.4, -0.2) is 23.9 Å². The van der Waals surface area contributed by atoms with E-state index in [1.165, 1.54) is 16.7 Å². The third-order valence-corrected chi connectivity index (χ3v) is 3.27. The molecule has 1 aliphatic heterocycles. The number of aryl methyl sites for hydroxylation is 2. The van der Waals surface area contributed by atoms with E-state index >= 15 is 0 Å². The highest BCUT2D eigenvalue weighted by molar-refractivity contribution is 5.81. The van der Waals surface area contributed by atoms with Crippen molar-refractivity contribution in [1.82, 2.24) is 10.2 Å². The van der Waals surface area contributed by atoms with Crippen molar-refractivity contribution in [2.75, 3.05) is 13.1 Å². The van der Waals surface area contributed by atoms with E-state index in [-0.39, 0.29) is 12.1 Å². The summed E-state index contributed by atoms with van der Waals surface area (Å²) in [5.74, 6) is 0.206. The summed E-state index contributed by atoms with van der Waals surface area (Å²) >= 11 is 0. The third-order valence-electron chi connectivity index (χ3n) is 3.27. The molecule has 17 heavy (non-hydrogen) atoms. The number of hydrogen-bond acceptors (Lipinski definition) is 2. The molecule has 1 aliphatic rings. The molecule has 92 valence electrons. The molecule has 0 saturated carbocycles. The van der Waals surface area contributed by atoms with Crippen molar-refractivity contribution in [3.8, 4) is 0 Å². The molecule has 1 aromatic carbocycles. The fraction of sp³-hybridized carbons (Fsp3) is 0.500. The Kier molecular flexibility index (Phi) is 3.48. The molecular weight excluding hydrogens is 212 g/mol. The summed E-state index contributed by atoms with van der Waals surface area (Å²) in [4.78, 5) is 13.8. The van der Waals surface area contributed by atoms with Crippen LogP contribution >= 0.6 is 0 Å². The van der Waals surface area contributed by atoms with Crippen LogP contribution in [0, 0.1) is 13.8 Å². The Morgan fingerprint density at radius 1 is 1.41 bits per heavy atom. The summed E-state index contributed by atoms with van der Waals surface area (Å²) < 4.78 is 0. The first-order chi connectivity index (χ1) is 8.13. The standard InChI is InChI=1S/C14H20N2O/c1-4-7-16-13(17)9-15-14(16)12-8-10(2)5-6-11(12)3/h5-6,8,14-15H,4,7,9H2,1-3H3. The monoisotopic (exact) mass is 232 g/mol. The van der Waals surface area contributed by atoms with E-state index in [0.29, 0.717) is 6.54 Å². The zero-order valence-corrected chi connectivity index (χ0v) is 10.8. The Bertz CT molecular complexity index is 428. The predicted octanol–water partition coefficient (Wildman–Crippen LogP) is 2.14. The molecule has 1 fully saturated rings. The van der Waals surface area contributed by atoms with Gasteiger partial charge in [0.1, 0.15) is 6.17 Å². The van der Waals surface area contributed by atoms with Crippen molar-refractivity contribution >= 4 is 5.91 Å². The topological polar surface area (TPSA) is 32.3 Å². The third kappa shape index (κ3) is 2.34. The number of hydrogen-bond donors (Lipinski definition) is 1.